The highest BCUT2D eigenvalue weighted by molar-refractivity contribution is 5.62. The van der Waals surface area contributed by atoms with E-state index in [-0.39, 0.29) is 5.41 Å². The van der Waals surface area contributed by atoms with E-state index >= 15 is 0 Å². The number of nitrogens with zero attached hydrogens (tertiary/aromatic N) is 1. The smallest absolute Gasteiger partial charge is 0.164 e. The monoisotopic (exact) mass is 227 g/mol. The Balaban J connectivity index is 0.000000606. The molecule has 0 saturated heterocycles. The molecule has 0 aliphatic carbocycles. The van der Waals surface area contributed by atoms with E-state index in [1.165, 1.54) is 6.07 Å². The molecule has 0 amide bonds. The van der Waals surface area contributed by atoms with Crippen molar-refractivity contribution < 1.29 is 8.78 Å². The average molecular weight is 227 g/mol. The maximum absolute atomic E-state index is 13.6. The zero-order valence-corrected chi connectivity index (χ0v) is 10.6. The molecule has 0 N–H and O–H groups in total. The van der Waals surface area contributed by atoms with Crippen molar-refractivity contribution in [2.24, 2.45) is 0 Å². The second kappa shape index (κ2) is 4.40. The van der Waals surface area contributed by atoms with Crippen molar-refractivity contribution in [3.8, 4) is 0 Å². The summed E-state index contributed by atoms with van der Waals surface area (Å²) < 4.78 is 26.6. The van der Waals surface area contributed by atoms with Crippen molar-refractivity contribution in [3.05, 3.63) is 29.3 Å². The topological polar surface area (TPSA) is 3.24 Å². The van der Waals surface area contributed by atoms with Crippen LogP contribution >= 0.6 is 0 Å². The summed E-state index contributed by atoms with van der Waals surface area (Å²) in [6.45, 7) is 8.58. The highest BCUT2D eigenvalue weighted by Gasteiger charge is 2.37. The molecule has 0 bridgehead atoms. The normalized spacial score (nSPS) is 16.6. The summed E-state index contributed by atoms with van der Waals surface area (Å²) in [5.41, 5.74) is 0.991. The van der Waals surface area contributed by atoms with Gasteiger partial charge in [0.2, 0.25) is 0 Å². The van der Waals surface area contributed by atoms with Gasteiger partial charge in [-0.3, -0.25) is 0 Å². The van der Waals surface area contributed by atoms with Crippen LogP contribution in [0.25, 0.3) is 0 Å². The van der Waals surface area contributed by atoms with E-state index in [4.69, 9.17) is 0 Å². The predicted octanol–water partition coefficient (Wildman–Crippen LogP) is 3.72. The van der Waals surface area contributed by atoms with Crippen LogP contribution in [0, 0.1) is 11.6 Å². The molecule has 90 valence electrons. The van der Waals surface area contributed by atoms with Gasteiger partial charge in [0.1, 0.15) is 0 Å². The summed E-state index contributed by atoms with van der Waals surface area (Å²) in [6.07, 6.45) is 0. The summed E-state index contributed by atoms with van der Waals surface area (Å²) in [5, 5.41) is 0. The van der Waals surface area contributed by atoms with Crippen molar-refractivity contribution in [1.29, 1.82) is 0 Å². The summed E-state index contributed by atoms with van der Waals surface area (Å²) in [7, 11) is 1.89. The minimum atomic E-state index is -0.757. The lowest BCUT2D eigenvalue weighted by Crippen LogP contribution is -2.25. The third-order valence-corrected chi connectivity index (χ3v) is 2.79. The number of halogens is 2. The number of fused-ring (bicyclic) bond motifs is 1. The highest BCUT2D eigenvalue weighted by Crippen LogP contribution is 2.41. The van der Waals surface area contributed by atoms with Crippen LogP contribution < -0.4 is 4.90 Å². The number of rotatable bonds is 0. The first-order chi connectivity index (χ1) is 7.43. The Kier molecular flexibility index (Phi) is 3.56. The molecule has 0 aromatic heterocycles. The first-order valence-electron chi connectivity index (χ1n) is 5.63. The molecular weight excluding hydrogens is 208 g/mol. The van der Waals surface area contributed by atoms with Crippen molar-refractivity contribution >= 4 is 5.69 Å². The molecule has 1 heterocycles. The molecule has 1 aliphatic heterocycles. The molecule has 0 unspecified atom stereocenters. The van der Waals surface area contributed by atoms with Crippen molar-refractivity contribution in [3.63, 3.8) is 0 Å². The Hall–Kier alpha value is -1.12. The number of likely N-dealkylation sites (N-methyl/N-ethyl adjacent to an activating group) is 1. The van der Waals surface area contributed by atoms with Gasteiger partial charge >= 0.3 is 0 Å². The molecule has 1 aromatic rings. The van der Waals surface area contributed by atoms with E-state index in [0.717, 1.165) is 12.2 Å². The van der Waals surface area contributed by atoms with Gasteiger partial charge in [0.05, 0.1) is 0 Å². The second-order valence-electron chi connectivity index (χ2n) is 4.50. The van der Waals surface area contributed by atoms with Crippen LogP contribution in [-0.4, -0.2) is 13.6 Å². The molecule has 1 aliphatic rings. The maximum atomic E-state index is 13.6. The number of benzene rings is 1. The Labute approximate surface area is 96.1 Å². The first kappa shape index (κ1) is 12.9. The van der Waals surface area contributed by atoms with Crippen LogP contribution in [0.5, 0.6) is 0 Å². The molecule has 3 heteroatoms. The van der Waals surface area contributed by atoms with Gasteiger partial charge in [-0.2, -0.15) is 0 Å². The quantitative estimate of drug-likeness (QED) is 0.653. The van der Waals surface area contributed by atoms with E-state index in [1.54, 1.807) is 6.07 Å². The van der Waals surface area contributed by atoms with Crippen LogP contribution in [-0.2, 0) is 5.41 Å². The summed E-state index contributed by atoms with van der Waals surface area (Å²) in [6, 6.07) is 2.83. The van der Waals surface area contributed by atoms with Gasteiger partial charge in [0, 0.05) is 30.3 Å². The Morgan fingerprint density at radius 2 is 1.75 bits per heavy atom. The fraction of sp³-hybridized carbons (Fsp3) is 0.538. The minimum Gasteiger partial charge on any atom is -0.373 e. The lowest BCUT2D eigenvalue weighted by atomic mass is 9.86. The van der Waals surface area contributed by atoms with Gasteiger partial charge in [-0.15, -0.1) is 0 Å². The molecule has 16 heavy (non-hydrogen) atoms. The summed E-state index contributed by atoms with van der Waals surface area (Å²) in [5.74, 6) is -1.45. The molecule has 1 nitrogen and oxygen atoms in total. The van der Waals surface area contributed by atoms with Gasteiger partial charge in [-0.1, -0.05) is 27.7 Å². The molecule has 0 fully saturated rings. The molecule has 0 spiro atoms. The van der Waals surface area contributed by atoms with Crippen LogP contribution in [0.15, 0.2) is 12.1 Å². The second-order valence-corrected chi connectivity index (χ2v) is 4.50. The predicted molar refractivity (Wildman–Crippen MR) is 64.0 cm³/mol. The molecule has 0 saturated carbocycles. The van der Waals surface area contributed by atoms with Crippen molar-refractivity contribution in [2.75, 3.05) is 18.5 Å². The highest BCUT2D eigenvalue weighted by atomic mass is 19.2. The van der Waals surface area contributed by atoms with Crippen LogP contribution in [0.1, 0.15) is 33.3 Å². The Bertz CT molecular complexity index is 386. The van der Waals surface area contributed by atoms with Gasteiger partial charge in [0.15, 0.2) is 11.6 Å². The maximum Gasteiger partial charge on any atom is 0.164 e. The van der Waals surface area contributed by atoms with Gasteiger partial charge in [-0.05, 0) is 12.1 Å². The summed E-state index contributed by atoms with van der Waals surface area (Å²) in [4.78, 5) is 1.96. The van der Waals surface area contributed by atoms with E-state index in [2.05, 4.69) is 0 Å². The van der Waals surface area contributed by atoms with Gasteiger partial charge in [-0.25, -0.2) is 8.78 Å². The van der Waals surface area contributed by atoms with E-state index < -0.39 is 11.6 Å². The molecule has 1 aromatic carbocycles. The first-order valence-corrected chi connectivity index (χ1v) is 5.63. The zero-order chi connectivity index (χ0) is 12.5. The third kappa shape index (κ3) is 1.91. The van der Waals surface area contributed by atoms with Crippen molar-refractivity contribution in [1.82, 2.24) is 0 Å². The van der Waals surface area contributed by atoms with E-state index in [9.17, 15) is 8.78 Å². The average Bonchev–Trinajstić information content (AvgIpc) is 2.46. The van der Waals surface area contributed by atoms with Crippen LogP contribution in [0.3, 0.4) is 0 Å². The lowest BCUT2D eigenvalue weighted by Gasteiger charge is -2.18. The zero-order valence-electron chi connectivity index (χ0n) is 10.6. The van der Waals surface area contributed by atoms with Crippen LogP contribution in [0.2, 0.25) is 0 Å². The van der Waals surface area contributed by atoms with E-state index in [0.29, 0.717) is 5.56 Å². The standard InChI is InChI=1S/C11H13F2N.C2H6/c1-11(2)6-14(3)8-5-4-7(12)10(13)9(8)11;1-2/h4-5H,6H2,1-3H3;1-2H3. The molecule has 0 atom stereocenters. The minimum absolute atomic E-state index is 0.309. The SMILES string of the molecule is CC.CN1CC(C)(C)c2c1ccc(F)c2F. The fourth-order valence-electron chi connectivity index (χ4n) is 2.26. The van der Waals surface area contributed by atoms with E-state index in [1.807, 2.05) is 39.6 Å². The third-order valence-electron chi connectivity index (χ3n) is 2.79. The van der Waals surface area contributed by atoms with Crippen molar-refractivity contribution in [2.45, 2.75) is 33.1 Å². The van der Waals surface area contributed by atoms with Gasteiger partial charge in [0.25, 0.3) is 0 Å². The molecule has 2 rings (SSSR count). The number of anilines is 1. The fourth-order valence-corrected chi connectivity index (χ4v) is 2.26. The Morgan fingerprint density at radius 3 is 2.31 bits per heavy atom. The molecular formula is C13H19F2N. The number of hydrogen-bond acceptors (Lipinski definition) is 1. The largest absolute Gasteiger partial charge is 0.373 e. The van der Waals surface area contributed by atoms with Crippen LogP contribution in [0.4, 0.5) is 14.5 Å². The van der Waals surface area contributed by atoms with Gasteiger partial charge < -0.3 is 4.90 Å². The number of hydrogen-bond donors (Lipinski definition) is 0. The molecule has 0 radical (unpaired) electrons. The lowest BCUT2D eigenvalue weighted by molar-refractivity contribution is 0.467. The Morgan fingerprint density at radius 1 is 1.19 bits per heavy atom. The summed E-state index contributed by atoms with van der Waals surface area (Å²) >= 11 is 0.